The van der Waals surface area contributed by atoms with Crippen molar-refractivity contribution < 1.29 is 24.0 Å². The molecule has 3 heterocycles. The van der Waals surface area contributed by atoms with Crippen LogP contribution in [0.4, 0.5) is 17.1 Å². The predicted octanol–water partition coefficient (Wildman–Crippen LogP) is 5.46. The average molecular weight is 572 g/mol. The molecule has 4 atom stereocenters. The van der Waals surface area contributed by atoms with Gasteiger partial charge in [-0.1, -0.05) is 60.7 Å². The van der Waals surface area contributed by atoms with Gasteiger partial charge in [-0.25, -0.2) is 0 Å². The van der Waals surface area contributed by atoms with Crippen molar-refractivity contribution in [1.82, 2.24) is 0 Å². The second-order valence-electron chi connectivity index (χ2n) is 10.8. The molecule has 1 spiro atoms. The van der Waals surface area contributed by atoms with Crippen LogP contribution in [0.2, 0.25) is 0 Å². The van der Waals surface area contributed by atoms with Crippen molar-refractivity contribution in [3.8, 4) is 5.75 Å². The fourth-order valence-electron chi connectivity index (χ4n) is 6.99. The number of methoxy groups -OCH3 is 1. The summed E-state index contributed by atoms with van der Waals surface area (Å²) in [6, 6.07) is 25.1. The van der Waals surface area contributed by atoms with Crippen LogP contribution in [0.5, 0.6) is 5.75 Å². The lowest BCUT2D eigenvalue weighted by molar-refractivity contribution is -0.384. The van der Waals surface area contributed by atoms with E-state index in [2.05, 4.69) is 5.32 Å². The van der Waals surface area contributed by atoms with Crippen LogP contribution in [-0.4, -0.2) is 41.6 Å². The maximum absolute atomic E-state index is 14.8. The first-order chi connectivity index (χ1) is 20.9. The van der Waals surface area contributed by atoms with Crippen molar-refractivity contribution >= 4 is 40.6 Å². The second kappa shape index (κ2) is 9.77. The van der Waals surface area contributed by atoms with Gasteiger partial charge in [0.05, 0.1) is 24.0 Å². The number of ketones is 2. The van der Waals surface area contributed by atoms with Gasteiger partial charge in [0.15, 0.2) is 11.6 Å². The van der Waals surface area contributed by atoms with Gasteiger partial charge >= 0.3 is 0 Å². The van der Waals surface area contributed by atoms with Gasteiger partial charge in [0.25, 0.3) is 5.69 Å². The number of rotatable bonds is 6. The van der Waals surface area contributed by atoms with E-state index in [4.69, 9.17) is 4.74 Å². The third-order valence-electron chi connectivity index (χ3n) is 8.81. The van der Waals surface area contributed by atoms with E-state index >= 15 is 0 Å². The number of carbonyl (C=O) groups excluding carboxylic acids is 3. The number of fused-ring (bicyclic) bond motifs is 6. The van der Waals surface area contributed by atoms with Gasteiger partial charge in [0.2, 0.25) is 5.91 Å². The molecule has 4 aromatic rings. The van der Waals surface area contributed by atoms with E-state index < -0.39 is 34.1 Å². The number of Topliss-reactive ketones (excluding diaryl/α,β-unsaturated/α-hetero) is 2. The molecule has 7 rings (SSSR count). The number of benzene rings is 4. The van der Waals surface area contributed by atoms with Crippen molar-refractivity contribution in [1.29, 1.82) is 0 Å². The Kier molecular flexibility index (Phi) is 5.98. The maximum Gasteiger partial charge on any atom is 0.269 e. The molecule has 0 aliphatic carbocycles. The number of nitrogens with one attached hydrogen (secondary N) is 1. The highest BCUT2D eigenvalue weighted by atomic mass is 16.6. The van der Waals surface area contributed by atoms with Crippen LogP contribution in [0.1, 0.15) is 31.8 Å². The van der Waals surface area contributed by atoms with Gasteiger partial charge in [-0.15, -0.1) is 0 Å². The fraction of sp³-hybridized carbons (Fsp3) is 0.147. The molecule has 3 aliphatic heterocycles. The fourth-order valence-corrected chi connectivity index (χ4v) is 6.99. The van der Waals surface area contributed by atoms with Crippen LogP contribution in [0, 0.1) is 16.0 Å². The first kappa shape index (κ1) is 26.3. The van der Waals surface area contributed by atoms with Gasteiger partial charge in [-0.2, -0.15) is 0 Å². The molecule has 9 nitrogen and oxygen atoms in total. The standard InChI is InChI=1S/C34H25N3O6/c1-43-24-9-6-8-22(19-24)31(38)29-30(32(39)21-13-16-23(17-14-21)37(41)42)36-27-12-5-2-7-20(27)15-18-28(36)34(29)25-10-3-4-11-26(25)35-33(34)40/h2-19,28-30H,1H3,(H,35,40)/t28-,29+,30-,34-/m1/s1. The summed E-state index contributed by atoms with van der Waals surface area (Å²) in [5.74, 6) is -1.86. The topological polar surface area (TPSA) is 119 Å². The van der Waals surface area contributed by atoms with Crippen molar-refractivity contribution in [2.75, 3.05) is 17.3 Å². The number of anilines is 2. The number of amides is 1. The molecule has 1 amide bonds. The highest BCUT2D eigenvalue weighted by Gasteiger charge is 2.70. The van der Waals surface area contributed by atoms with Crippen LogP contribution in [-0.2, 0) is 10.2 Å². The zero-order chi connectivity index (χ0) is 29.9. The normalized spacial score (nSPS) is 22.9. The Morgan fingerprint density at radius 1 is 0.907 bits per heavy atom. The van der Waals surface area contributed by atoms with Gasteiger partial charge < -0.3 is 15.0 Å². The predicted molar refractivity (Wildman–Crippen MR) is 161 cm³/mol. The Balaban J connectivity index is 1.51. The first-order valence-electron chi connectivity index (χ1n) is 13.8. The smallest absolute Gasteiger partial charge is 0.269 e. The zero-order valence-electron chi connectivity index (χ0n) is 23.0. The van der Waals surface area contributed by atoms with Gasteiger partial charge in [0, 0.05) is 34.6 Å². The number of ether oxygens (including phenoxy) is 1. The van der Waals surface area contributed by atoms with E-state index in [1.165, 1.54) is 31.4 Å². The minimum absolute atomic E-state index is 0.156. The molecule has 1 N–H and O–H groups in total. The number of non-ortho nitro benzene ring substituents is 1. The lowest BCUT2D eigenvalue weighted by atomic mass is 9.64. The van der Waals surface area contributed by atoms with Crippen LogP contribution < -0.4 is 15.0 Å². The number of nitrogens with zero attached hydrogens (tertiary/aromatic N) is 2. The summed E-state index contributed by atoms with van der Waals surface area (Å²) in [5, 5.41) is 14.3. The lowest BCUT2D eigenvalue weighted by Gasteiger charge is -2.37. The first-order valence-corrected chi connectivity index (χ1v) is 13.8. The molecular weight excluding hydrogens is 546 g/mol. The Hall–Kier alpha value is -5.57. The van der Waals surface area contributed by atoms with Crippen molar-refractivity contribution in [2.45, 2.75) is 17.5 Å². The number of carbonyl (C=O) groups is 3. The number of hydrogen-bond acceptors (Lipinski definition) is 7. The second-order valence-corrected chi connectivity index (χ2v) is 10.8. The highest BCUT2D eigenvalue weighted by Crippen LogP contribution is 2.58. The van der Waals surface area contributed by atoms with E-state index in [1.807, 2.05) is 59.5 Å². The molecule has 0 radical (unpaired) electrons. The molecule has 43 heavy (non-hydrogen) atoms. The summed E-state index contributed by atoms with van der Waals surface area (Å²) in [5.41, 5.74) is 1.68. The molecule has 0 saturated carbocycles. The Morgan fingerprint density at radius 2 is 1.65 bits per heavy atom. The van der Waals surface area contributed by atoms with E-state index in [1.54, 1.807) is 30.3 Å². The Bertz CT molecular complexity index is 1870. The SMILES string of the molecule is COc1cccc(C(=O)[C@@H]2[C@H](C(=O)c3ccc([N+](=O)[O-])cc3)N3c4ccccc4C=C[C@@H]3[C@@]23C(=O)Nc2ccccc23)c1. The molecule has 1 fully saturated rings. The number of para-hydroxylation sites is 2. The van der Waals surface area contributed by atoms with Crippen LogP contribution in [0.25, 0.3) is 6.08 Å². The van der Waals surface area contributed by atoms with E-state index in [9.17, 15) is 24.5 Å². The number of hydrogen-bond donors (Lipinski definition) is 1. The Labute approximate surface area is 246 Å². The molecule has 4 aromatic carbocycles. The Morgan fingerprint density at radius 3 is 2.42 bits per heavy atom. The maximum atomic E-state index is 14.8. The van der Waals surface area contributed by atoms with Crippen molar-refractivity contribution in [2.24, 2.45) is 5.92 Å². The summed E-state index contributed by atoms with van der Waals surface area (Å²) in [6.45, 7) is 0. The molecular formula is C34H25N3O6. The molecule has 3 aliphatic rings. The molecule has 0 unspecified atom stereocenters. The summed E-state index contributed by atoms with van der Waals surface area (Å²) in [7, 11) is 1.50. The monoisotopic (exact) mass is 571 g/mol. The minimum Gasteiger partial charge on any atom is -0.497 e. The van der Waals surface area contributed by atoms with Crippen molar-refractivity contribution in [3.63, 3.8) is 0 Å². The van der Waals surface area contributed by atoms with Crippen LogP contribution in [0.15, 0.2) is 103 Å². The number of nitro groups is 1. The summed E-state index contributed by atoms with van der Waals surface area (Å²) >= 11 is 0. The average Bonchev–Trinajstić information content (AvgIpc) is 3.52. The molecule has 0 bridgehead atoms. The van der Waals surface area contributed by atoms with Gasteiger partial charge in [-0.3, -0.25) is 24.5 Å². The molecule has 1 saturated heterocycles. The molecule has 9 heteroatoms. The highest BCUT2D eigenvalue weighted by molar-refractivity contribution is 6.18. The quantitative estimate of drug-likeness (QED) is 0.185. The van der Waals surface area contributed by atoms with Crippen LogP contribution >= 0.6 is 0 Å². The third-order valence-corrected chi connectivity index (χ3v) is 8.81. The summed E-state index contributed by atoms with van der Waals surface area (Å²) in [6.07, 6.45) is 3.83. The minimum atomic E-state index is -1.46. The van der Waals surface area contributed by atoms with Gasteiger partial charge in [0.1, 0.15) is 17.2 Å². The van der Waals surface area contributed by atoms with E-state index in [-0.39, 0.29) is 22.9 Å². The van der Waals surface area contributed by atoms with Crippen molar-refractivity contribution in [3.05, 3.63) is 136 Å². The van der Waals surface area contributed by atoms with Gasteiger partial charge in [-0.05, 0) is 47.5 Å². The summed E-state index contributed by atoms with van der Waals surface area (Å²) in [4.78, 5) is 56.6. The van der Waals surface area contributed by atoms with E-state index in [0.717, 1.165) is 5.56 Å². The van der Waals surface area contributed by atoms with E-state index in [0.29, 0.717) is 28.3 Å². The molecule has 212 valence electrons. The third kappa shape index (κ3) is 3.74. The largest absolute Gasteiger partial charge is 0.497 e. The molecule has 0 aromatic heterocycles. The number of nitro benzene ring substituents is 1. The van der Waals surface area contributed by atoms with Crippen LogP contribution in [0.3, 0.4) is 0 Å². The zero-order valence-corrected chi connectivity index (χ0v) is 23.0. The lowest BCUT2D eigenvalue weighted by Crippen LogP contribution is -2.51. The summed E-state index contributed by atoms with van der Waals surface area (Å²) < 4.78 is 5.40.